The molecular formula is C12H15ClFN. The van der Waals surface area contributed by atoms with Crippen molar-refractivity contribution in [1.82, 2.24) is 5.32 Å². The lowest BCUT2D eigenvalue weighted by Gasteiger charge is -2.17. The van der Waals surface area contributed by atoms with Crippen LogP contribution in [0.2, 0.25) is 5.02 Å². The van der Waals surface area contributed by atoms with Crippen molar-refractivity contribution in [3.63, 3.8) is 0 Å². The van der Waals surface area contributed by atoms with Gasteiger partial charge in [-0.1, -0.05) is 23.7 Å². The van der Waals surface area contributed by atoms with Gasteiger partial charge in [-0.15, -0.1) is 6.58 Å². The highest BCUT2D eigenvalue weighted by Crippen LogP contribution is 2.20. The molecule has 0 aromatic heterocycles. The fourth-order valence-electron chi connectivity index (χ4n) is 1.34. The predicted octanol–water partition coefficient (Wildman–Crippen LogP) is 3.70. The molecule has 0 heterocycles. The highest BCUT2D eigenvalue weighted by molar-refractivity contribution is 6.30. The van der Waals surface area contributed by atoms with Crippen LogP contribution in [-0.4, -0.2) is 6.04 Å². The van der Waals surface area contributed by atoms with E-state index in [1.165, 1.54) is 6.07 Å². The van der Waals surface area contributed by atoms with Gasteiger partial charge >= 0.3 is 0 Å². The van der Waals surface area contributed by atoms with Gasteiger partial charge in [-0.25, -0.2) is 4.39 Å². The van der Waals surface area contributed by atoms with Crippen LogP contribution >= 0.6 is 11.6 Å². The molecule has 82 valence electrons. The Morgan fingerprint density at radius 1 is 1.47 bits per heavy atom. The molecule has 2 atom stereocenters. The molecule has 1 rings (SSSR count). The average molecular weight is 228 g/mol. The Bertz CT molecular complexity index is 351. The lowest BCUT2D eigenvalue weighted by molar-refractivity contribution is 0.535. The number of hydrogen-bond donors (Lipinski definition) is 1. The minimum absolute atomic E-state index is 0.121. The van der Waals surface area contributed by atoms with Crippen LogP contribution in [0.1, 0.15) is 25.5 Å². The second-order valence-corrected chi connectivity index (χ2v) is 3.99. The number of nitrogens with one attached hydrogen (secondary N) is 1. The number of rotatable bonds is 4. The molecule has 1 nitrogen and oxygen atoms in total. The third kappa shape index (κ3) is 3.33. The minimum Gasteiger partial charge on any atom is -0.304 e. The maximum absolute atomic E-state index is 12.9. The molecule has 0 radical (unpaired) electrons. The first-order chi connectivity index (χ1) is 7.04. The molecule has 1 aromatic carbocycles. The van der Waals surface area contributed by atoms with Crippen molar-refractivity contribution in [3.8, 4) is 0 Å². The van der Waals surface area contributed by atoms with Crippen LogP contribution < -0.4 is 5.32 Å². The van der Waals surface area contributed by atoms with Gasteiger partial charge in [-0.05, 0) is 31.5 Å². The molecule has 0 spiro atoms. The first-order valence-corrected chi connectivity index (χ1v) is 5.26. The van der Waals surface area contributed by atoms with Gasteiger partial charge < -0.3 is 5.32 Å². The van der Waals surface area contributed by atoms with Gasteiger partial charge in [0.25, 0.3) is 0 Å². The Morgan fingerprint density at radius 2 is 2.13 bits per heavy atom. The molecule has 0 aliphatic rings. The normalized spacial score (nSPS) is 14.7. The molecule has 0 aliphatic heterocycles. The summed E-state index contributed by atoms with van der Waals surface area (Å²) in [6, 6.07) is 5.09. The van der Waals surface area contributed by atoms with E-state index < -0.39 is 0 Å². The summed E-state index contributed by atoms with van der Waals surface area (Å²) in [5.74, 6) is -0.385. The highest BCUT2D eigenvalue weighted by Gasteiger charge is 2.09. The summed E-state index contributed by atoms with van der Waals surface area (Å²) >= 11 is 5.71. The molecule has 3 heteroatoms. The molecule has 0 aliphatic carbocycles. The summed E-state index contributed by atoms with van der Waals surface area (Å²) in [5.41, 5.74) is 0.968. The summed E-state index contributed by atoms with van der Waals surface area (Å²) < 4.78 is 12.9. The van der Waals surface area contributed by atoms with E-state index in [4.69, 9.17) is 11.6 Å². The smallest absolute Gasteiger partial charge is 0.141 e. The van der Waals surface area contributed by atoms with E-state index in [0.29, 0.717) is 0 Å². The van der Waals surface area contributed by atoms with Gasteiger partial charge in [0.1, 0.15) is 5.82 Å². The summed E-state index contributed by atoms with van der Waals surface area (Å²) in [5, 5.41) is 3.45. The van der Waals surface area contributed by atoms with Gasteiger partial charge in [0, 0.05) is 12.1 Å². The molecule has 2 unspecified atom stereocenters. The van der Waals surface area contributed by atoms with Crippen molar-refractivity contribution in [2.75, 3.05) is 0 Å². The predicted molar refractivity (Wildman–Crippen MR) is 62.6 cm³/mol. The maximum atomic E-state index is 12.9. The van der Waals surface area contributed by atoms with Gasteiger partial charge in [-0.2, -0.15) is 0 Å². The van der Waals surface area contributed by atoms with Crippen molar-refractivity contribution < 1.29 is 4.39 Å². The molecule has 15 heavy (non-hydrogen) atoms. The van der Waals surface area contributed by atoms with E-state index in [9.17, 15) is 4.39 Å². The van der Waals surface area contributed by atoms with Crippen LogP contribution in [0.15, 0.2) is 30.9 Å². The van der Waals surface area contributed by atoms with E-state index in [1.54, 1.807) is 12.1 Å². The van der Waals surface area contributed by atoms with Crippen LogP contribution in [0.5, 0.6) is 0 Å². The van der Waals surface area contributed by atoms with E-state index in [2.05, 4.69) is 11.9 Å². The Labute approximate surface area is 95.0 Å². The fraction of sp³-hybridized carbons (Fsp3) is 0.333. The summed E-state index contributed by atoms with van der Waals surface area (Å²) in [7, 11) is 0. The van der Waals surface area contributed by atoms with E-state index in [0.717, 1.165) is 5.56 Å². The Balaban J connectivity index is 2.77. The minimum atomic E-state index is -0.385. The highest BCUT2D eigenvalue weighted by atomic mass is 35.5. The Morgan fingerprint density at radius 3 is 2.67 bits per heavy atom. The fourth-order valence-corrected chi connectivity index (χ4v) is 1.53. The standard InChI is InChI=1S/C12H15ClFN/c1-4-8(2)15-9(3)10-5-6-12(14)11(13)7-10/h4-9,15H,1H2,2-3H3. The number of benzene rings is 1. The lowest BCUT2D eigenvalue weighted by atomic mass is 10.1. The zero-order valence-electron chi connectivity index (χ0n) is 8.93. The average Bonchev–Trinajstić information content (AvgIpc) is 2.21. The molecule has 0 saturated carbocycles. The zero-order chi connectivity index (χ0) is 11.4. The third-order valence-corrected chi connectivity index (χ3v) is 2.60. The molecule has 1 N–H and O–H groups in total. The van der Waals surface area contributed by atoms with Gasteiger partial charge in [0.15, 0.2) is 0 Å². The van der Waals surface area contributed by atoms with Crippen molar-refractivity contribution in [2.45, 2.75) is 25.9 Å². The molecular weight excluding hydrogens is 213 g/mol. The van der Waals surface area contributed by atoms with Crippen LogP contribution in [-0.2, 0) is 0 Å². The molecule has 1 aromatic rings. The van der Waals surface area contributed by atoms with Gasteiger partial charge in [0.05, 0.1) is 5.02 Å². The Hall–Kier alpha value is -0.860. The summed E-state index contributed by atoms with van der Waals surface area (Å²) in [6.45, 7) is 7.70. The number of hydrogen-bond acceptors (Lipinski definition) is 1. The van der Waals surface area contributed by atoms with E-state index in [1.807, 2.05) is 19.9 Å². The van der Waals surface area contributed by atoms with Gasteiger partial charge in [0.2, 0.25) is 0 Å². The lowest BCUT2D eigenvalue weighted by Crippen LogP contribution is -2.26. The zero-order valence-corrected chi connectivity index (χ0v) is 9.68. The van der Waals surface area contributed by atoms with E-state index in [-0.39, 0.29) is 22.9 Å². The van der Waals surface area contributed by atoms with Crippen LogP contribution in [0.25, 0.3) is 0 Å². The van der Waals surface area contributed by atoms with Crippen molar-refractivity contribution in [2.24, 2.45) is 0 Å². The Kier molecular flexibility index (Phi) is 4.30. The quantitative estimate of drug-likeness (QED) is 0.774. The molecule has 0 amide bonds. The van der Waals surface area contributed by atoms with Crippen molar-refractivity contribution in [3.05, 3.63) is 47.3 Å². The van der Waals surface area contributed by atoms with Crippen molar-refractivity contribution >= 4 is 11.6 Å². The van der Waals surface area contributed by atoms with Crippen LogP contribution in [0.3, 0.4) is 0 Å². The van der Waals surface area contributed by atoms with Gasteiger partial charge in [-0.3, -0.25) is 0 Å². The van der Waals surface area contributed by atoms with Crippen LogP contribution in [0, 0.1) is 5.82 Å². The SMILES string of the molecule is C=CC(C)NC(C)c1ccc(F)c(Cl)c1. The van der Waals surface area contributed by atoms with E-state index >= 15 is 0 Å². The number of halogens is 2. The summed E-state index contributed by atoms with van der Waals surface area (Å²) in [4.78, 5) is 0. The maximum Gasteiger partial charge on any atom is 0.141 e. The van der Waals surface area contributed by atoms with Crippen LogP contribution in [0.4, 0.5) is 4.39 Å². The second-order valence-electron chi connectivity index (χ2n) is 3.59. The summed E-state index contributed by atoms with van der Waals surface area (Å²) in [6.07, 6.45) is 1.82. The topological polar surface area (TPSA) is 12.0 Å². The molecule has 0 fully saturated rings. The largest absolute Gasteiger partial charge is 0.304 e. The first kappa shape index (κ1) is 12.2. The first-order valence-electron chi connectivity index (χ1n) is 4.88. The van der Waals surface area contributed by atoms with Crippen molar-refractivity contribution in [1.29, 1.82) is 0 Å². The third-order valence-electron chi connectivity index (χ3n) is 2.31. The second kappa shape index (κ2) is 5.29. The molecule has 0 bridgehead atoms. The monoisotopic (exact) mass is 227 g/mol. The molecule has 0 saturated heterocycles.